The molecule has 3 aromatic rings. The first-order chi connectivity index (χ1) is 11.6. The third-order valence-corrected chi connectivity index (χ3v) is 7.22. The van der Waals surface area contributed by atoms with Gasteiger partial charge in [0.05, 0.1) is 4.90 Å². The molecule has 24 heavy (non-hydrogen) atoms. The monoisotopic (exact) mass is 358 g/mol. The number of sulfone groups is 1. The Labute approximate surface area is 146 Å². The zero-order valence-corrected chi connectivity index (χ0v) is 14.6. The van der Waals surface area contributed by atoms with Crippen LogP contribution in [0.5, 0.6) is 0 Å². The molecule has 0 amide bonds. The van der Waals surface area contributed by atoms with Crippen LogP contribution in [0.1, 0.15) is 20.6 Å². The first-order valence-corrected chi connectivity index (χ1v) is 10.0. The zero-order chi connectivity index (χ0) is 17.0. The molecule has 0 fully saturated rings. The Kier molecular flexibility index (Phi) is 5.14. The first kappa shape index (κ1) is 16.9. The summed E-state index contributed by atoms with van der Waals surface area (Å²) in [5, 5.41) is 8.37. The summed E-state index contributed by atoms with van der Waals surface area (Å²) < 4.78 is 26.5. The molecule has 0 bridgehead atoms. The van der Waals surface area contributed by atoms with Crippen LogP contribution in [-0.2, 0) is 16.3 Å². The van der Waals surface area contributed by atoms with Crippen molar-refractivity contribution in [2.75, 3.05) is 6.61 Å². The molecule has 1 atom stereocenters. The van der Waals surface area contributed by atoms with Crippen LogP contribution in [0.4, 0.5) is 0 Å². The largest absolute Gasteiger partial charge is 0.396 e. The molecule has 2 aromatic carbocycles. The van der Waals surface area contributed by atoms with Crippen molar-refractivity contribution in [1.29, 1.82) is 0 Å². The molecule has 3 nitrogen and oxygen atoms in total. The zero-order valence-electron chi connectivity index (χ0n) is 13.0. The lowest BCUT2D eigenvalue weighted by molar-refractivity contribution is 0.300. The summed E-state index contributed by atoms with van der Waals surface area (Å²) in [7, 11) is -3.56. The van der Waals surface area contributed by atoms with E-state index < -0.39 is 15.1 Å². The minimum Gasteiger partial charge on any atom is -0.396 e. The van der Waals surface area contributed by atoms with Gasteiger partial charge in [-0.15, -0.1) is 11.3 Å². The Morgan fingerprint density at radius 1 is 0.875 bits per heavy atom. The SMILES string of the molecule is O=S(=O)(c1ccccc1)C(c1ccccc1)c1ccc(CCO)s1. The van der Waals surface area contributed by atoms with E-state index in [0.29, 0.717) is 11.3 Å². The van der Waals surface area contributed by atoms with Gasteiger partial charge in [-0.1, -0.05) is 48.5 Å². The summed E-state index contributed by atoms with van der Waals surface area (Å²) in [6, 6.07) is 21.6. The van der Waals surface area contributed by atoms with E-state index in [-0.39, 0.29) is 6.61 Å². The van der Waals surface area contributed by atoms with Gasteiger partial charge in [0.15, 0.2) is 9.84 Å². The molecule has 0 radical (unpaired) electrons. The van der Waals surface area contributed by atoms with E-state index in [1.807, 2.05) is 42.5 Å². The van der Waals surface area contributed by atoms with Gasteiger partial charge in [-0.2, -0.15) is 0 Å². The summed E-state index contributed by atoms with van der Waals surface area (Å²) in [4.78, 5) is 2.07. The van der Waals surface area contributed by atoms with E-state index in [0.717, 1.165) is 15.3 Å². The van der Waals surface area contributed by atoms with Crippen LogP contribution in [0.2, 0.25) is 0 Å². The number of hydrogen-bond donors (Lipinski definition) is 1. The van der Waals surface area contributed by atoms with Gasteiger partial charge in [0.2, 0.25) is 0 Å². The average molecular weight is 358 g/mol. The maximum absolute atomic E-state index is 13.3. The normalized spacial score (nSPS) is 12.9. The molecule has 0 aliphatic carbocycles. The highest BCUT2D eigenvalue weighted by Gasteiger charge is 2.31. The first-order valence-electron chi connectivity index (χ1n) is 7.66. The molecule has 0 saturated carbocycles. The lowest BCUT2D eigenvalue weighted by Crippen LogP contribution is -2.14. The Morgan fingerprint density at radius 3 is 2.12 bits per heavy atom. The molecule has 0 aliphatic heterocycles. The van der Waals surface area contributed by atoms with Crippen molar-refractivity contribution in [3.63, 3.8) is 0 Å². The highest BCUT2D eigenvalue weighted by atomic mass is 32.2. The third-order valence-electron chi connectivity index (χ3n) is 3.78. The van der Waals surface area contributed by atoms with Gasteiger partial charge in [0.25, 0.3) is 0 Å². The Balaban J connectivity index is 2.12. The molecule has 1 heterocycles. The number of thiophene rings is 1. The molecule has 5 heteroatoms. The lowest BCUT2D eigenvalue weighted by atomic mass is 10.1. The van der Waals surface area contributed by atoms with E-state index >= 15 is 0 Å². The van der Waals surface area contributed by atoms with E-state index in [1.54, 1.807) is 30.3 Å². The number of rotatable bonds is 6. The van der Waals surface area contributed by atoms with Gasteiger partial charge >= 0.3 is 0 Å². The lowest BCUT2D eigenvalue weighted by Gasteiger charge is -2.17. The van der Waals surface area contributed by atoms with Crippen LogP contribution in [-0.4, -0.2) is 20.1 Å². The molecule has 0 saturated heterocycles. The number of hydrogen-bond acceptors (Lipinski definition) is 4. The van der Waals surface area contributed by atoms with Crippen molar-refractivity contribution in [2.24, 2.45) is 0 Å². The van der Waals surface area contributed by atoms with Crippen molar-refractivity contribution in [3.05, 3.63) is 88.1 Å². The van der Waals surface area contributed by atoms with Gasteiger partial charge in [-0.25, -0.2) is 8.42 Å². The summed E-state index contributed by atoms with van der Waals surface area (Å²) in [6.45, 7) is 0.0569. The Morgan fingerprint density at radius 2 is 1.50 bits per heavy atom. The molecular weight excluding hydrogens is 340 g/mol. The fourth-order valence-electron chi connectivity index (χ4n) is 2.65. The summed E-state index contributed by atoms with van der Waals surface area (Å²) >= 11 is 1.44. The van der Waals surface area contributed by atoms with Gasteiger partial charge in [-0.05, 0) is 29.8 Å². The van der Waals surface area contributed by atoms with Crippen LogP contribution in [0.25, 0.3) is 0 Å². The van der Waals surface area contributed by atoms with Crippen molar-refractivity contribution >= 4 is 21.2 Å². The molecule has 0 spiro atoms. The second-order valence-electron chi connectivity index (χ2n) is 5.43. The minimum atomic E-state index is -3.56. The number of aliphatic hydroxyl groups excluding tert-OH is 1. The van der Waals surface area contributed by atoms with Crippen LogP contribution in [0.3, 0.4) is 0 Å². The number of benzene rings is 2. The van der Waals surface area contributed by atoms with Crippen LogP contribution in [0, 0.1) is 0 Å². The molecule has 124 valence electrons. The maximum atomic E-state index is 13.3. The van der Waals surface area contributed by atoms with Gasteiger partial charge in [-0.3, -0.25) is 0 Å². The second kappa shape index (κ2) is 7.30. The summed E-state index contributed by atoms with van der Waals surface area (Å²) in [5.41, 5.74) is 0.749. The van der Waals surface area contributed by atoms with Crippen molar-refractivity contribution in [3.8, 4) is 0 Å². The van der Waals surface area contributed by atoms with Crippen molar-refractivity contribution < 1.29 is 13.5 Å². The highest BCUT2D eigenvalue weighted by molar-refractivity contribution is 7.92. The van der Waals surface area contributed by atoms with Gasteiger partial charge < -0.3 is 5.11 Å². The number of aliphatic hydroxyl groups is 1. The molecule has 0 aliphatic rings. The predicted molar refractivity (Wildman–Crippen MR) is 97.0 cm³/mol. The fraction of sp³-hybridized carbons (Fsp3) is 0.158. The van der Waals surface area contributed by atoms with Gasteiger partial charge in [0, 0.05) is 22.8 Å². The van der Waals surface area contributed by atoms with E-state index in [4.69, 9.17) is 5.11 Å². The third kappa shape index (κ3) is 3.43. The summed E-state index contributed by atoms with van der Waals surface area (Å²) in [6.07, 6.45) is 0.539. The van der Waals surface area contributed by atoms with Crippen molar-refractivity contribution in [2.45, 2.75) is 16.6 Å². The fourth-order valence-corrected chi connectivity index (χ4v) is 5.89. The van der Waals surface area contributed by atoms with Crippen LogP contribution in [0.15, 0.2) is 77.7 Å². The molecular formula is C19H18O3S2. The molecule has 1 aromatic heterocycles. The minimum absolute atomic E-state index is 0.0569. The van der Waals surface area contributed by atoms with Gasteiger partial charge in [0.1, 0.15) is 5.25 Å². The highest BCUT2D eigenvalue weighted by Crippen LogP contribution is 2.38. The van der Waals surface area contributed by atoms with Crippen LogP contribution < -0.4 is 0 Å². The smallest absolute Gasteiger partial charge is 0.190 e. The molecule has 1 unspecified atom stereocenters. The van der Waals surface area contributed by atoms with E-state index in [1.165, 1.54) is 11.3 Å². The topological polar surface area (TPSA) is 54.4 Å². The maximum Gasteiger partial charge on any atom is 0.190 e. The Hall–Kier alpha value is -1.95. The Bertz CT molecular complexity index is 885. The average Bonchev–Trinajstić information content (AvgIpc) is 3.05. The van der Waals surface area contributed by atoms with E-state index in [2.05, 4.69) is 0 Å². The van der Waals surface area contributed by atoms with E-state index in [9.17, 15) is 8.42 Å². The molecule has 3 rings (SSSR count). The standard InChI is InChI=1S/C19H18O3S2/c20-14-13-16-11-12-18(23-16)19(15-7-3-1-4-8-15)24(21,22)17-9-5-2-6-10-17/h1-12,19-20H,13-14H2. The quantitative estimate of drug-likeness (QED) is 0.728. The van der Waals surface area contributed by atoms with Crippen molar-refractivity contribution in [1.82, 2.24) is 0 Å². The summed E-state index contributed by atoms with van der Waals surface area (Å²) in [5.74, 6) is 0. The predicted octanol–water partition coefficient (Wildman–Crippen LogP) is 3.85. The second-order valence-corrected chi connectivity index (χ2v) is 8.66. The van der Waals surface area contributed by atoms with Crippen LogP contribution >= 0.6 is 11.3 Å². The molecule has 1 N–H and O–H groups in total.